The van der Waals surface area contributed by atoms with Gasteiger partial charge < -0.3 is 30.6 Å². The summed E-state index contributed by atoms with van der Waals surface area (Å²) in [5.74, 6) is -2.73. The fraction of sp³-hybridized carbons (Fsp3) is 0.389. The Labute approximate surface area is 423 Å². The number of carbonyl (C=O) groups excluding carboxylic acids is 6. The molecule has 4 aromatic heterocycles. The van der Waals surface area contributed by atoms with Gasteiger partial charge in [-0.3, -0.25) is 43.1 Å². The second-order valence-electron chi connectivity index (χ2n) is 20.4. The smallest absolute Gasteiger partial charge is 0.407 e. The number of carbonyl (C=O) groups is 6. The number of aromatic amines is 1. The minimum atomic E-state index is -0.729. The molecule has 4 aliphatic rings. The minimum Gasteiger partial charge on any atom is -0.453 e. The lowest BCUT2D eigenvalue weighted by molar-refractivity contribution is -0.137. The number of fused-ring (bicyclic) bond motifs is 5. The van der Waals surface area contributed by atoms with Gasteiger partial charge in [-0.2, -0.15) is 5.10 Å². The highest BCUT2D eigenvalue weighted by molar-refractivity contribution is 6.15. The number of imide groups is 1. The molecule has 5 N–H and O–H groups in total. The normalized spacial score (nSPS) is 20.9. The first kappa shape index (κ1) is 48.1. The third kappa shape index (κ3) is 8.54. The number of H-pyrrole nitrogens is 1. The van der Waals surface area contributed by atoms with Crippen molar-refractivity contribution in [3.05, 3.63) is 100.0 Å². The highest BCUT2D eigenvalue weighted by atomic mass is 19.1. The molecule has 6 amide bonds. The van der Waals surface area contributed by atoms with Crippen LogP contribution in [0.1, 0.15) is 110 Å². The maximum absolute atomic E-state index is 16.4. The predicted molar refractivity (Wildman–Crippen MR) is 272 cm³/mol. The predicted octanol–water partition coefficient (Wildman–Crippen LogP) is 7.01. The van der Waals surface area contributed by atoms with Crippen LogP contribution in [0.3, 0.4) is 0 Å². The van der Waals surface area contributed by atoms with E-state index in [4.69, 9.17) is 9.72 Å². The molecule has 7 aromatic rings. The van der Waals surface area contributed by atoms with Gasteiger partial charge in [-0.25, -0.2) is 19.0 Å². The number of nitrogens with one attached hydrogen (secondary N) is 5. The standard InChI is InChI=1S/C54H56FN11O8/c1-27(2)66-40-16-10-30(19-32(40)24-58-66)44-45-47-42(63(3)54(73)65(47)36-13-11-35(22-36)60-53(72)74-4)25-56-48(45)62-46(44)31-9-14-38(39(55)21-31)50(69)57-23-28-5-7-29(8-6-28)49(68)59-34-12-15-37-33(20-34)26-64(52(37)71)41-17-18-43(67)61-51(41)70/h9-10,12,14-16,19-21,24-25,27-29,35-36,41H,5-8,11,13,17-18,22-23,26H2,1-4H3,(H,56,62)(H,57,69)(H,59,68)(H,60,72)(H,61,67,70)/t28?,29?,35-,36-,41?/m1/s1. The molecule has 1 saturated heterocycles. The van der Waals surface area contributed by atoms with Crippen molar-refractivity contribution in [2.45, 2.75) is 102 Å². The number of hydrogen-bond donors (Lipinski definition) is 5. The summed E-state index contributed by atoms with van der Waals surface area (Å²) in [7, 11) is 3.03. The summed E-state index contributed by atoms with van der Waals surface area (Å²) in [5, 5.41) is 17.3. The average molecular weight is 1010 g/mol. The Kier molecular flexibility index (Phi) is 12.4. The Hall–Kier alpha value is -8.16. The molecule has 20 heteroatoms. The van der Waals surface area contributed by atoms with Crippen molar-refractivity contribution in [3.63, 3.8) is 0 Å². The van der Waals surface area contributed by atoms with Crippen LogP contribution in [0.5, 0.6) is 0 Å². The Morgan fingerprint density at radius 2 is 1.70 bits per heavy atom. The van der Waals surface area contributed by atoms with Gasteiger partial charge in [0.25, 0.3) is 11.8 Å². The molecule has 1 unspecified atom stereocenters. The summed E-state index contributed by atoms with van der Waals surface area (Å²) < 4.78 is 26.6. The number of hydrogen-bond acceptors (Lipinski definition) is 10. The summed E-state index contributed by atoms with van der Waals surface area (Å²) in [6, 6.07) is 14.6. The molecule has 0 radical (unpaired) electrons. The number of halogens is 1. The van der Waals surface area contributed by atoms with Gasteiger partial charge in [0.1, 0.15) is 17.5 Å². The number of rotatable bonds is 11. The van der Waals surface area contributed by atoms with Gasteiger partial charge in [0.2, 0.25) is 17.7 Å². The number of alkyl carbamates (subject to hydrolysis) is 1. The van der Waals surface area contributed by atoms with Crippen LogP contribution in [0.25, 0.3) is 55.4 Å². The molecular formula is C54H56FN11O8. The molecule has 74 heavy (non-hydrogen) atoms. The zero-order valence-electron chi connectivity index (χ0n) is 41.4. The van der Waals surface area contributed by atoms with E-state index in [1.165, 1.54) is 24.1 Å². The van der Waals surface area contributed by atoms with E-state index in [9.17, 15) is 33.6 Å². The number of nitrogens with zero attached hydrogens (tertiary/aromatic N) is 6. The monoisotopic (exact) mass is 1010 g/mol. The number of amides is 6. The Morgan fingerprint density at radius 1 is 0.905 bits per heavy atom. The lowest BCUT2D eigenvalue weighted by Crippen LogP contribution is -2.52. The lowest BCUT2D eigenvalue weighted by Gasteiger charge is -2.29. The van der Waals surface area contributed by atoms with E-state index < -0.39 is 29.8 Å². The van der Waals surface area contributed by atoms with Crippen molar-refractivity contribution in [2.24, 2.45) is 18.9 Å². The topological polar surface area (TPSA) is 236 Å². The second kappa shape index (κ2) is 19.0. The lowest BCUT2D eigenvalue weighted by atomic mass is 9.81. The second-order valence-corrected chi connectivity index (χ2v) is 20.4. The van der Waals surface area contributed by atoms with Gasteiger partial charge in [-0.1, -0.05) is 12.1 Å². The van der Waals surface area contributed by atoms with Crippen LogP contribution < -0.4 is 27.0 Å². The van der Waals surface area contributed by atoms with Crippen LogP contribution in [-0.4, -0.2) is 95.1 Å². The SMILES string of the molecule is COC(=O)N[C@@H]1CC[C@@H](n2c(=O)n(C)c3cnc4[nH]c(-c5ccc(C(=O)NCC6CCC(C(=O)Nc7ccc8c(c7)CN(C7CCC(=O)NC7=O)C8=O)CC6)c(F)c5)c(-c5ccc6c(cnn6C(C)C)c5)c4c32)C1. The van der Waals surface area contributed by atoms with Crippen molar-refractivity contribution in [1.82, 2.24) is 49.7 Å². The third-order valence-electron chi connectivity index (χ3n) is 15.6. The highest BCUT2D eigenvalue weighted by Gasteiger charge is 2.40. The number of anilines is 1. The van der Waals surface area contributed by atoms with Crippen LogP contribution in [0, 0.1) is 17.7 Å². The van der Waals surface area contributed by atoms with Crippen molar-refractivity contribution < 1.29 is 37.9 Å². The summed E-state index contributed by atoms with van der Waals surface area (Å²) in [4.78, 5) is 100. The first-order chi connectivity index (χ1) is 35.6. The quantitative estimate of drug-likeness (QED) is 0.0832. The van der Waals surface area contributed by atoms with Crippen molar-refractivity contribution in [2.75, 3.05) is 19.0 Å². The number of aryl methyl sites for hydroxylation is 1. The zero-order chi connectivity index (χ0) is 51.7. The van der Waals surface area contributed by atoms with Crippen LogP contribution in [-0.2, 0) is 32.7 Å². The Bertz CT molecular complexity index is 3550. The number of benzene rings is 3. The van der Waals surface area contributed by atoms with Gasteiger partial charge in [0, 0.05) is 78.4 Å². The molecule has 11 rings (SSSR count). The number of pyridine rings is 1. The maximum Gasteiger partial charge on any atom is 0.407 e. The molecular weight excluding hydrogens is 950 g/mol. The average Bonchev–Trinajstić information content (AvgIpc) is 4.24. The van der Waals surface area contributed by atoms with Crippen LogP contribution in [0.4, 0.5) is 14.9 Å². The third-order valence-corrected chi connectivity index (χ3v) is 15.6. The molecule has 382 valence electrons. The molecule has 3 fully saturated rings. The van der Waals surface area contributed by atoms with E-state index in [1.807, 2.05) is 29.1 Å². The van der Waals surface area contributed by atoms with E-state index in [2.05, 4.69) is 45.2 Å². The van der Waals surface area contributed by atoms with E-state index in [0.717, 1.165) is 16.5 Å². The molecule has 0 spiro atoms. The van der Waals surface area contributed by atoms with Crippen molar-refractivity contribution in [1.29, 1.82) is 0 Å². The molecule has 2 saturated carbocycles. The molecule has 19 nitrogen and oxygen atoms in total. The fourth-order valence-corrected chi connectivity index (χ4v) is 11.7. The van der Waals surface area contributed by atoms with Crippen LogP contribution in [0.15, 0.2) is 71.8 Å². The van der Waals surface area contributed by atoms with Crippen molar-refractivity contribution >= 4 is 74.3 Å². The molecule has 3 aromatic carbocycles. The molecule has 2 aliphatic carbocycles. The number of ether oxygens (including phenoxy) is 1. The Morgan fingerprint density at radius 3 is 2.46 bits per heavy atom. The van der Waals surface area contributed by atoms with Gasteiger partial charge >= 0.3 is 11.8 Å². The van der Waals surface area contributed by atoms with E-state index in [1.54, 1.807) is 46.6 Å². The fourth-order valence-electron chi connectivity index (χ4n) is 11.7. The summed E-state index contributed by atoms with van der Waals surface area (Å²) in [5.41, 5.74) is 6.54. The number of imidazole rings is 1. The van der Waals surface area contributed by atoms with Crippen LogP contribution in [0.2, 0.25) is 0 Å². The van der Waals surface area contributed by atoms with Gasteiger partial charge in [-0.15, -0.1) is 0 Å². The summed E-state index contributed by atoms with van der Waals surface area (Å²) in [6.45, 7) is 4.63. The minimum absolute atomic E-state index is 0.0763. The molecule has 0 bridgehead atoms. The highest BCUT2D eigenvalue weighted by Crippen LogP contribution is 2.44. The van der Waals surface area contributed by atoms with E-state index in [-0.39, 0.29) is 78.3 Å². The number of methoxy groups -OCH3 is 1. The van der Waals surface area contributed by atoms with E-state index in [0.29, 0.717) is 107 Å². The maximum atomic E-state index is 16.4. The summed E-state index contributed by atoms with van der Waals surface area (Å²) >= 11 is 0. The Balaban J connectivity index is 0.801. The largest absolute Gasteiger partial charge is 0.453 e. The van der Waals surface area contributed by atoms with Gasteiger partial charge in [0.05, 0.1) is 52.7 Å². The summed E-state index contributed by atoms with van der Waals surface area (Å²) in [6.07, 6.45) is 7.70. The number of aromatic nitrogens is 6. The number of piperidine rings is 1. The first-order valence-electron chi connectivity index (χ1n) is 25.3. The van der Waals surface area contributed by atoms with E-state index >= 15 is 4.39 Å². The van der Waals surface area contributed by atoms with Gasteiger partial charge in [0.15, 0.2) is 0 Å². The van der Waals surface area contributed by atoms with Crippen LogP contribution >= 0.6 is 0 Å². The first-order valence-corrected chi connectivity index (χ1v) is 25.3. The molecule has 3 atom stereocenters. The van der Waals surface area contributed by atoms with Gasteiger partial charge in [-0.05, 0) is 125 Å². The molecule has 2 aliphatic heterocycles. The molecule has 6 heterocycles. The van der Waals surface area contributed by atoms with Crippen molar-refractivity contribution in [3.8, 4) is 22.4 Å². The zero-order valence-corrected chi connectivity index (χ0v) is 41.4.